The van der Waals surface area contributed by atoms with Gasteiger partial charge in [-0.1, -0.05) is 6.07 Å². The van der Waals surface area contributed by atoms with E-state index in [1.165, 1.54) is 0 Å². The van der Waals surface area contributed by atoms with E-state index in [9.17, 15) is 10.1 Å². The molecular weight excluding hydrogens is 428 g/mol. The lowest BCUT2D eigenvalue weighted by atomic mass is 9.98. The molecule has 34 heavy (non-hydrogen) atoms. The average molecular weight is 457 g/mol. The summed E-state index contributed by atoms with van der Waals surface area (Å²) in [5.74, 6) is 1.24. The maximum atomic E-state index is 12.5. The van der Waals surface area contributed by atoms with Gasteiger partial charge in [-0.3, -0.25) is 14.8 Å². The number of piperazine rings is 1. The minimum Gasteiger partial charge on any atom is -0.384 e. The predicted molar refractivity (Wildman–Crippen MR) is 129 cm³/mol. The van der Waals surface area contributed by atoms with Crippen LogP contribution in [-0.4, -0.2) is 65.2 Å². The Morgan fingerprint density at radius 1 is 1.18 bits per heavy atom. The Kier molecular flexibility index (Phi) is 6.12. The molecule has 1 aliphatic heterocycles. The van der Waals surface area contributed by atoms with Gasteiger partial charge in [0.2, 0.25) is 5.91 Å². The lowest BCUT2D eigenvalue weighted by Crippen LogP contribution is -2.54. The lowest BCUT2D eigenvalue weighted by Gasteiger charge is -2.41. The van der Waals surface area contributed by atoms with Gasteiger partial charge in [-0.2, -0.15) is 5.26 Å². The van der Waals surface area contributed by atoms with Gasteiger partial charge in [0.1, 0.15) is 11.9 Å². The van der Waals surface area contributed by atoms with Crippen LogP contribution in [0.15, 0.2) is 36.7 Å². The molecule has 0 radical (unpaired) electrons. The van der Waals surface area contributed by atoms with Crippen LogP contribution >= 0.6 is 0 Å². The number of anilines is 1. The molecule has 5 rings (SSSR count). The summed E-state index contributed by atoms with van der Waals surface area (Å²) in [6.07, 6.45) is 5.98. The van der Waals surface area contributed by atoms with Crippen molar-refractivity contribution in [1.29, 1.82) is 5.26 Å². The molecule has 0 bridgehead atoms. The number of carbonyl (C=O) groups is 1. The Labute approximate surface area is 199 Å². The summed E-state index contributed by atoms with van der Waals surface area (Å²) >= 11 is 0. The Morgan fingerprint density at radius 3 is 2.68 bits per heavy atom. The number of ether oxygens (including phenoxy) is 1. The first-order valence-electron chi connectivity index (χ1n) is 11.8. The number of aromatic nitrogens is 3. The van der Waals surface area contributed by atoms with Crippen LogP contribution in [0.1, 0.15) is 43.4 Å². The molecule has 3 heterocycles. The van der Waals surface area contributed by atoms with Crippen LogP contribution < -0.4 is 4.90 Å². The van der Waals surface area contributed by atoms with Crippen LogP contribution in [0.4, 0.5) is 5.82 Å². The molecule has 2 aromatic heterocycles. The predicted octanol–water partition coefficient (Wildman–Crippen LogP) is 3.51. The van der Waals surface area contributed by atoms with Gasteiger partial charge >= 0.3 is 0 Å². The fraction of sp³-hybridized carbons (Fsp3) is 0.423. The fourth-order valence-corrected chi connectivity index (χ4v) is 4.72. The van der Waals surface area contributed by atoms with E-state index >= 15 is 0 Å². The molecule has 8 nitrogen and oxygen atoms in total. The Balaban J connectivity index is 1.47. The summed E-state index contributed by atoms with van der Waals surface area (Å²) in [7, 11) is 1.61. The van der Waals surface area contributed by atoms with Gasteiger partial charge in [0.25, 0.3) is 0 Å². The fourth-order valence-electron chi connectivity index (χ4n) is 4.72. The number of nitriles is 1. The first kappa shape index (κ1) is 22.2. The molecular formula is C26H28N6O2. The number of amides is 1. The zero-order valence-electron chi connectivity index (χ0n) is 19.6. The third kappa shape index (κ3) is 4.31. The molecule has 8 heteroatoms. The van der Waals surface area contributed by atoms with Crippen molar-refractivity contribution in [3.05, 3.63) is 47.9 Å². The third-order valence-corrected chi connectivity index (χ3v) is 6.66. The largest absolute Gasteiger partial charge is 0.384 e. The quantitative estimate of drug-likeness (QED) is 0.560. The van der Waals surface area contributed by atoms with Crippen LogP contribution in [0.3, 0.4) is 0 Å². The van der Waals surface area contributed by atoms with Gasteiger partial charge in [0.15, 0.2) is 0 Å². The minimum atomic E-state index is 0.0366. The SMILES string of the molecule is COCCC(=O)N1CCN(c2nc(C3CC3)c(-c3ccc4nccnc4c3)cc2C#N)CC1C. The number of fused-ring (bicyclic) bond motifs is 1. The number of nitrogens with zero attached hydrogens (tertiary/aromatic N) is 6. The normalized spacial score (nSPS) is 18.2. The van der Waals surface area contributed by atoms with E-state index in [0.717, 1.165) is 46.5 Å². The molecule has 1 unspecified atom stereocenters. The number of methoxy groups -OCH3 is 1. The highest BCUT2D eigenvalue weighted by molar-refractivity contribution is 5.83. The van der Waals surface area contributed by atoms with Gasteiger partial charge in [-0.05, 0) is 43.5 Å². The first-order valence-corrected chi connectivity index (χ1v) is 11.8. The first-order chi connectivity index (χ1) is 16.6. The van der Waals surface area contributed by atoms with Crippen molar-refractivity contribution in [3.63, 3.8) is 0 Å². The van der Waals surface area contributed by atoms with Gasteiger partial charge < -0.3 is 14.5 Å². The second-order valence-electron chi connectivity index (χ2n) is 9.06. The molecule has 1 amide bonds. The van der Waals surface area contributed by atoms with E-state index in [2.05, 4.69) is 27.9 Å². The molecule has 1 saturated heterocycles. The molecule has 3 aromatic rings. The lowest BCUT2D eigenvalue weighted by molar-refractivity contribution is -0.134. The van der Waals surface area contributed by atoms with Crippen LogP contribution in [0.2, 0.25) is 0 Å². The highest BCUT2D eigenvalue weighted by Gasteiger charge is 2.33. The Hall–Kier alpha value is -3.57. The second-order valence-corrected chi connectivity index (χ2v) is 9.06. The number of hydrogen-bond acceptors (Lipinski definition) is 7. The van der Waals surface area contributed by atoms with Gasteiger partial charge in [0, 0.05) is 56.7 Å². The van der Waals surface area contributed by atoms with Crippen molar-refractivity contribution in [3.8, 4) is 17.2 Å². The van der Waals surface area contributed by atoms with Crippen molar-refractivity contribution in [2.75, 3.05) is 38.3 Å². The zero-order chi connectivity index (χ0) is 23.7. The van der Waals surface area contributed by atoms with Crippen LogP contribution in [0, 0.1) is 11.3 Å². The summed E-state index contributed by atoms with van der Waals surface area (Å²) in [5.41, 5.74) is 5.28. The van der Waals surface area contributed by atoms with E-state index < -0.39 is 0 Å². The topological polar surface area (TPSA) is 95.2 Å². The minimum absolute atomic E-state index is 0.0366. The number of carbonyl (C=O) groups excluding carboxylic acids is 1. The zero-order valence-corrected chi connectivity index (χ0v) is 19.6. The van der Waals surface area contributed by atoms with E-state index in [0.29, 0.717) is 44.1 Å². The molecule has 0 N–H and O–H groups in total. The highest BCUT2D eigenvalue weighted by Crippen LogP contribution is 2.45. The van der Waals surface area contributed by atoms with Crippen molar-refractivity contribution in [2.45, 2.75) is 38.1 Å². The maximum absolute atomic E-state index is 12.5. The van der Waals surface area contributed by atoms with E-state index in [4.69, 9.17) is 9.72 Å². The van der Waals surface area contributed by atoms with Gasteiger partial charge in [0.05, 0.1) is 35.3 Å². The molecule has 0 spiro atoms. The van der Waals surface area contributed by atoms with Crippen LogP contribution in [-0.2, 0) is 9.53 Å². The molecule has 1 aliphatic carbocycles. The smallest absolute Gasteiger partial charge is 0.225 e. The summed E-state index contributed by atoms with van der Waals surface area (Å²) < 4.78 is 5.06. The molecule has 1 saturated carbocycles. The Bertz CT molecular complexity index is 1270. The summed E-state index contributed by atoms with van der Waals surface area (Å²) in [6, 6.07) is 10.4. The van der Waals surface area contributed by atoms with E-state index in [1.54, 1.807) is 19.5 Å². The molecule has 1 atom stereocenters. The number of pyridine rings is 1. The second kappa shape index (κ2) is 9.35. The monoisotopic (exact) mass is 456 g/mol. The summed E-state index contributed by atoms with van der Waals surface area (Å²) in [5, 5.41) is 10.0. The summed E-state index contributed by atoms with van der Waals surface area (Å²) in [4.78, 5) is 30.5. The standard InChI is InChI=1S/C26H28N6O2/c1-17-16-31(10-11-32(17)24(33)7-12-34-2)26-20(15-27)13-21(25(30-26)18-3-4-18)19-5-6-22-23(14-19)29-9-8-28-22/h5-6,8-9,13-14,17-18H,3-4,7,10-12,16H2,1-2H3. The van der Waals surface area contributed by atoms with Gasteiger partial charge in [-0.25, -0.2) is 4.98 Å². The molecule has 2 aliphatic rings. The van der Waals surface area contributed by atoms with Crippen LogP contribution in [0.25, 0.3) is 22.2 Å². The summed E-state index contributed by atoms with van der Waals surface area (Å²) in [6.45, 7) is 4.39. The van der Waals surface area contributed by atoms with Crippen molar-refractivity contribution in [2.24, 2.45) is 0 Å². The molecule has 2 fully saturated rings. The average Bonchev–Trinajstić information content (AvgIpc) is 3.71. The third-order valence-electron chi connectivity index (χ3n) is 6.66. The number of hydrogen-bond donors (Lipinski definition) is 0. The van der Waals surface area contributed by atoms with E-state index in [1.807, 2.05) is 29.2 Å². The molecule has 1 aromatic carbocycles. The van der Waals surface area contributed by atoms with Crippen molar-refractivity contribution < 1.29 is 9.53 Å². The highest BCUT2D eigenvalue weighted by atomic mass is 16.5. The van der Waals surface area contributed by atoms with Crippen molar-refractivity contribution >= 4 is 22.8 Å². The van der Waals surface area contributed by atoms with Crippen LogP contribution in [0.5, 0.6) is 0 Å². The number of benzene rings is 1. The number of rotatable bonds is 6. The molecule has 174 valence electrons. The Morgan fingerprint density at radius 2 is 1.97 bits per heavy atom. The van der Waals surface area contributed by atoms with Crippen molar-refractivity contribution in [1.82, 2.24) is 19.9 Å². The van der Waals surface area contributed by atoms with E-state index in [-0.39, 0.29) is 11.9 Å². The maximum Gasteiger partial charge on any atom is 0.225 e. The van der Waals surface area contributed by atoms with Gasteiger partial charge in [-0.15, -0.1) is 0 Å².